The SMILES string of the molecule is O=C(O)c1cn(-c2ccc(F)cc2)c2cc(N3CCN(CC(=NO)c4ccc(Cl)cc4)CC3)c(F)cc2c1=O. The number of oxime groups is 1. The van der Waals surface area contributed by atoms with E-state index in [9.17, 15) is 24.3 Å². The average Bonchev–Trinajstić information content (AvgIpc) is 2.93. The highest BCUT2D eigenvalue weighted by molar-refractivity contribution is 6.30. The molecule has 0 amide bonds. The smallest absolute Gasteiger partial charge is 0.341 e. The van der Waals surface area contributed by atoms with Crippen LogP contribution in [0.2, 0.25) is 5.02 Å². The van der Waals surface area contributed by atoms with E-state index >= 15 is 4.39 Å². The van der Waals surface area contributed by atoms with Crippen LogP contribution in [0.25, 0.3) is 16.6 Å². The number of aromatic nitrogens is 1. The molecule has 4 aromatic rings. The second-order valence-electron chi connectivity index (χ2n) is 9.16. The average molecular weight is 553 g/mol. The maximum Gasteiger partial charge on any atom is 0.341 e. The number of hydrogen-bond acceptors (Lipinski definition) is 6. The molecular weight excluding hydrogens is 530 g/mol. The first-order valence-electron chi connectivity index (χ1n) is 12.1. The van der Waals surface area contributed by atoms with E-state index in [2.05, 4.69) is 10.1 Å². The summed E-state index contributed by atoms with van der Waals surface area (Å²) in [5.74, 6) is -2.57. The molecule has 0 bridgehead atoms. The van der Waals surface area contributed by atoms with Crippen LogP contribution in [-0.4, -0.2) is 64.2 Å². The number of halogens is 3. The van der Waals surface area contributed by atoms with Crippen LogP contribution < -0.4 is 10.3 Å². The lowest BCUT2D eigenvalue weighted by Gasteiger charge is -2.36. The van der Waals surface area contributed by atoms with Crippen molar-refractivity contribution in [3.8, 4) is 5.69 Å². The summed E-state index contributed by atoms with van der Waals surface area (Å²) in [5.41, 5.74) is 0.879. The van der Waals surface area contributed by atoms with E-state index in [1.807, 2.05) is 4.90 Å². The van der Waals surface area contributed by atoms with Crippen LogP contribution in [0.4, 0.5) is 14.5 Å². The minimum Gasteiger partial charge on any atom is -0.477 e. The van der Waals surface area contributed by atoms with Crippen molar-refractivity contribution in [2.24, 2.45) is 5.16 Å². The van der Waals surface area contributed by atoms with Gasteiger partial charge in [-0.3, -0.25) is 9.69 Å². The van der Waals surface area contributed by atoms with E-state index < -0.39 is 28.6 Å². The van der Waals surface area contributed by atoms with E-state index in [4.69, 9.17) is 11.6 Å². The van der Waals surface area contributed by atoms with E-state index in [0.29, 0.717) is 54.7 Å². The first kappa shape index (κ1) is 26.3. The molecule has 0 radical (unpaired) electrons. The number of fused-ring (bicyclic) bond motifs is 1. The number of carbonyl (C=O) groups is 1. The van der Waals surface area contributed by atoms with Crippen LogP contribution in [0.15, 0.2) is 76.8 Å². The number of piperazine rings is 1. The molecule has 1 aromatic heterocycles. The molecule has 5 rings (SSSR count). The molecule has 0 aliphatic carbocycles. The largest absolute Gasteiger partial charge is 0.477 e. The van der Waals surface area contributed by atoms with Gasteiger partial charge in [0.1, 0.15) is 22.9 Å². The second kappa shape index (κ2) is 10.8. The third-order valence-corrected chi connectivity index (χ3v) is 7.04. The molecular formula is C28H23ClF2N4O4. The zero-order valence-electron chi connectivity index (χ0n) is 20.5. The molecule has 0 unspecified atom stereocenters. The molecule has 1 aliphatic heterocycles. The van der Waals surface area contributed by atoms with Crippen molar-refractivity contribution in [2.45, 2.75) is 0 Å². The Labute approximate surface area is 226 Å². The Morgan fingerprint density at radius 1 is 0.974 bits per heavy atom. The first-order valence-corrected chi connectivity index (χ1v) is 12.5. The number of aromatic carboxylic acids is 1. The van der Waals surface area contributed by atoms with Gasteiger partial charge in [0, 0.05) is 60.6 Å². The number of carboxylic acid groups (broad SMARTS) is 1. The Balaban J connectivity index is 1.44. The minimum atomic E-state index is -1.44. The Kier molecular flexibility index (Phi) is 7.32. The van der Waals surface area contributed by atoms with Crippen LogP contribution in [0, 0.1) is 11.6 Å². The predicted molar refractivity (Wildman–Crippen MR) is 145 cm³/mol. The highest BCUT2D eigenvalue weighted by Crippen LogP contribution is 2.28. The van der Waals surface area contributed by atoms with Crippen molar-refractivity contribution >= 4 is 39.9 Å². The van der Waals surface area contributed by atoms with Gasteiger partial charge in [-0.1, -0.05) is 28.9 Å². The van der Waals surface area contributed by atoms with Gasteiger partial charge in [0.25, 0.3) is 0 Å². The number of pyridine rings is 1. The van der Waals surface area contributed by atoms with E-state index in [-0.39, 0.29) is 11.1 Å². The number of rotatable bonds is 6. The number of nitrogens with zero attached hydrogens (tertiary/aromatic N) is 4. The monoisotopic (exact) mass is 552 g/mol. The van der Waals surface area contributed by atoms with Gasteiger partial charge in [0.05, 0.1) is 11.2 Å². The fourth-order valence-corrected chi connectivity index (χ4v) is 4.85. The van der Waals surface area contributed by atoms with Gasteiger partial charge in [-0.25, -0.2) is 13.6 Å². The van der Waals surface area contributed by atoms with Gasteiger partial charge >= 0.3 is 5.97 Å². The summed E-state index contributed by atoms with van der Waals surface area (Å²) in [6, 6.07) is 14.9. The number of benzene rings is 3. The Morgan fingerprint density at radius 3 is 2.26 bits per heavy atom. The number of carboxylic acids is 1. The van der Waals surface area contributed by atoms with Crippen molar-refractivity contribution in [1.82, 2.24) is 9.47 Å². The summed E-state index contributed by atoms with van der Waals surface area (Å²) in [7, 11) is 0. The van der Waals surface area contributed by atoms with Crippen molar-refractivity contribution in [1.29, 1.82) is 0 Å². The maximum absolute atomic E-state index is 15.4. The van der Waals surface area contributed by atoms with Gasteiger partial charge in [0.2, 0.25) is 5.43 Å². The van der Waals surface area contributed by atoms with E-state index in [1.165, 1.54) is 41.1 Å². The first-order chi connectivity index (χ1) is 18.7. The second-order valence-corrected chi connectivity index (χ2v) is 9.60. The predicted octanol–water partition coefficient (Wildman–Crippen LogP) is 4.62. The zero-order chi connectivity index (χ0) is 27.7. The van der Waals surface area contributed by atoms with Crippen molar-refractivity contribution in [3.63, 3.8) is 0 Å². The van der Waals surface area contributed by atoms with Gasteiger partial charge in [-0.15, -0.1) is 0 Å². The van der Waals surface area contributed by atoms with Crippen molar-refractivity contribution < 1.29 is 23.9 Å². The third-order valence-electron chi connectivity index (χ3n) is 6.79. The molecule has 1 saturated heterocycles. The fourth-order valence-electron chi connectivity index (χ4n) is 4.73. The molecule has 3 aromatic carbocycles. The molecule has 2 N–H and O–H groups in total. The van der Waals surface area contributed by atoms with Crippen LogP contribution >= 0.6 is 11.6 Å². The van der Waals surface area contributed by atoms with Gasteiger partial charge in [0.15, 0.2) is 0 Å². The molecule has 8 nitrogen and oxygen atoms in total. The standard InChI is InChI=1S/C28H23ClF2N4O4/c29-18-3-1-17(2-4-18)24(32-39)16-33-9-11-34(12-10-33)26-14-25-21(13-23(26)31)27(36)22(28(37)38)15-35(25)20-7-5-19(30)6-8-20/h1-8,13-15,39H,9-12,16H2,(H,37,38). The van der Waals surface area contributed by atoms with Gasteiger partial charge in [-0.2, -0.15) is 0 Å². The third kappa shape index (κ3) is 5.34. The minimum absolute atomic E-state index is 0.0918. The number of hydrogen-bond donors (Lipinski definition) is 2. The quantitative estimate of drug-likeness (QED) is 0.206. The molecule has 200 valence electrons. The highest BCUT2D eigenvalue weighted by Gasteiger charge is 2.24. The fraction of sp³-hybridized carbons (Fsp3) is 0.179. The molecule has 39 heavy (non-hydrogen) atoms. The molecule has 0 spiro atoms. The topological polar surface area (TPSA) is 98.4 Å². The highest BCUT2D eigenvalue weighted by atomic mass is 35.5. The summed E-state index contributed by atoms with van der Waals surface area (Å²) in [5, 5.41) is 23.0. The van der Waals surface area contributed by atoms with E-state index in [0.717, 1.165) is 11.6 Å². The Hall–Kier alpha value is -4.28. The van der Waals surface area contributed by atoms with Crippen LogP contribution in [-0.2, 0) is 0 Å². The summed E-state index contributed by atoms with van der Waals surface area (Å²) in [4.78, 5) is 28.5. The Bertz CT molecular complexity index is 1630. The van der Waals surface area contributed by atoms with Crippen LogP contribution in [0.1, 0.15) is 15.9 Å². The summed E-state index contributed by atoms with van der Waals surface area (Å²) in [6.45, 7) is 2.39. The maximum atomic E-state index is 15.4. The summed E-state index contributed by atoms with van der Waals surface area (Å²) in [6.07, 6.45) is 1.17. The van der Waals surface area contributed by atoms with E-state index in [1.54, 1.807) is 24.3 Å². The molecule has 0 saturated carbocycles. The molecule has 11 heteroatoms. The molecule has 1 aliphatic rings. The lowest BCUT2D eigenvalue weighted by molar-refractivity contribution is 0.0695. The van der Waals surface area contributed by atoms with Crippen LogP contribution in [0.5, 0.6) is 0 Å². The Morgan fingerprint density at radius 2 is 1.64 bits per heavy atom. The van der Waals surface area contributed by atoms with Gasteiger partial charge < -0.3 is 19.8 Å². The number of anilines is 1. The van der Waals surface area contributed by atoms with Crippen LogP contribution in [0.3, 0.4) is 0 Å². The normalized spacial score (nSPS) is 14.6. The molecule has 2 heterocycles. The lowest BCUT2D eigenvalue weighted by Crippen LogP contribution is -2.48. The molecule has 1 fully saturated rings. The van der Waals surface area contributed by atoms with Gasteiger partial charge in [-0.05, 0) is 48.5 Å². The lowest BCUT2D eigenvalue weighted by atomic mass is 10.1. The van der Waals surface area contributed by atoms with Crippen molar-refractivity contribution in [3.05, 3.63) is 105 Å². The van der Waals surface area contributed by atoms with Crippen molar-refractivity contribution in [2.75, 3.05) is 37.6 Å². The molecule has 0 atom stereocenters. The zero-order valence-corrected chi connectivity index (χ0v) is 21.3. The summed E-state index contributed by atoms with van der Waals surface area (Å²) < 4.78 is 30.4. The summed E-state index contributed by atoms with van der Waals surface area (Å²) >= 11 is 5.95.